The van der Waals surface area contributed by atoms with Crippen LogP contribution in [0.1, 0.15) is 0 Å². The minimum atomic E-state index is 0.812. The van der Waals surface area contributed by atoms with Crippen molar-refractivity contribution in [3.8, 4) is 33.8 Å². The third-order valence-electron chi connectivity index (χ3n) is 8.34. The number of fused-ring (bicyclic) bond motifs is 6. The fourth-order valence-electron chi connectivity index (χ4n) is 6.36. The maximum Gasteiger partial charge on any atom is 0.139 e. The molecule has 0 aliphatic rings. The quantitative estimate of drug-likeness (QED) is 0.176. The van der Waals surface area contributed by atoms with Gasteiger partial charge in [0.1, 0.15) is 5.82 Å². The molecule has 0 unspecified atom stereocenters. The average Bonchev–Trinajstić information content (AvgIpc) is 3.61. The van der Waals surface area contributed by atoms with E-state index in [0.29, 0.717) is 0 Å². The second-order valence-electron chi connectivity index (χ2n) is 10.8. The molecule has 5 heteroatoms. The molecule has 0 aliphatic carbocycles. The number of rotatable bonds is 3. The van der Waals surface area contributed by atoms with Crippen molar-refractivity contribution in [3.63, 3.8) is 0 Å². The first-order valence-corrected chi connectivity index (χ1v) is 14.3. The zero-order chi connectivity index (χ0) is 28.3. The number of hydrogen-bond donors (Lipinski definition) is 1. The van der Waals surface area contributed by atoms with Gasteiger partial charge >= 0.3 is 0 Å². The number of imidazole rings is 1. The summed E-state index contributed by atoms with van der Waals surface area (Å²) in [7, 11) is 0. The summed E-state index contributed by atoms with van der Waals surface area (Å²) >= 11 is 0. The number of hydrogen-bond acceptors (Lipinski definition) is 4. The van der Waals surface area contributed by atoms with Gasteiger partial charge in [0.05, 0.1) is 27.8 Å². The molecule has 0 amide bonds. The molecule has 0 spiro atoms. The van der Waals surface area contributed by atoms with Crippen molar-refractivity contribution in [2.45, 2.75) is 0 Å². The van der Waals surface area contributed by atoms with Gasteiger partial charge < -0.3 is 4.98 Å². The van der Waals surface area contributed by atoms with E-state index < -0.39 is 0 Å². The second kappa shape index (κ2) is 9.29. The predicted octanol–water partition coefficient (Wildman–Crippen LogP) is 9.36. The molecular weight excluding hydrogens is 526 g/mol. The Labute approximate surface area is 246 Å². The van der Waals surface area contributed by atoms with Gasteiger partial charge in [0.2, 0.25) is 0 Å². The van der Waals surface area contributed by atoms with Crippen molar-refractivity contribution in [1.29, 1.82) is 0 Å². The smallest absolute Gasteiger partial charge is 0.139 e. The van der Waals surface area contributed by atoms with Gasteiger partial charge in [-0.15, -0.1) is 0 Å². The van der Waals surface area contributed by atoms with E-state index in [1.165, 1.54) is 0 Å². The lowest BCUT2D eigenvalue weighted by molar-refractivity contribution is 1.31. The SMILES string of the molecule is c1ccc2nc(-c3c(-c4cccc5nc6c(-c7ncc[nH]7)cccc6cc45)ccc4ncc5ccccc5c34)ccc2c1. The lowest BCUT2D eigenvalue weighted by Crippen LogP contribution is -1.95. The highest BCUT2D eigenvalue weighted by Crippen LogP contribution is 2.43. The summed E-state index contributed by atoms with van der Waals surface area (Å²) in [6, 6.07) is 40.2. The van der Waals surface area contributed by atoms with Crippen LogP contribution < -0.4 is 0 Å². The van der Waals surface area contributed by atoms with Gasteiger partial charge in [-0.3, -0.25) is 4.98 Å². The monoisotopic (exact) mass is 549 g/mol. The fraction of sp³-hybridized carbons (Fsp3) is 0. The highest BCUT2D eigenvalue weighted by atomic mass is 14.9. The predicted molar refractivity (Wildman–Crippen MR) is 176 cm³/mol. The Morgan fingerprint density at radius 1 is 0.512 bits per heavy atom. The lowest BCUT2D eigenvalue weighted by Gasteiger charge is -2.17. The van der Waals surface area contributed by atoms with E-state index in [1.54, 1.807) is 6.20 Å². The van der Waals surface area contributed by atoms with Gasteiger partial charge in [0.25, 0.3) is 0 Å². The second-order valence-corrected chi connectivity index (χ2v) is 10.8. The van der Waals surface area contributed by atoms with Crippen molar-refractivity contribution in [2.75, 3.05) is 0 Å². The highest BCUT2D eigenvalue weighted by Gasteiger charge is 2.19. The number of nitrogens with one attached hydrogen (secondary N) is 1. The van der Waals surface area contributed by atoms with Gasteiger partial charge in [-0.05, 0) is 52.9 Å². The molecule has 43 heavy (non-hydrogen) atoms. The van der Waals surface area contributed by atoms with Crippen LogP contribution in [0.25, 0.3) is 88.2 Å². The minimum Gasteiger partial charge on any atom is -0.345 e. The van der Waals surface area contributed by atoms with Crippen LogP contribution >= 0.6 is 0 Å². The van der Waals surface area contributed by atoms with E-state index in [1.807, 2.05) is 18.5 Å². The molecular formula is C38H23N5. The molecule has 0 radical (unpaired) electrons. The number of pyridine rings is 3. The molecule has 0 saturated heterocycles. The summed E-state index contributed by atoms with van der Waals surface area (Å²) in [4.78, 5) is 23.0. The third-order valence-corrected chi connectivity index (χ3v) is 8.34. The van der Waals surface area contributed by atoms with Gasteiger partial charge in [-0.2, -0.15) is 0 Å². The molecule has 9 aromatic rings. The molecule has 4 aromatic heterocycles. The van der Waals surface area contributed by atoms with Crippen LogP contribution in [0.4, 0.5) is 0 Å². The number of nitrogens with zero attached hydrogens (tertiary/aromatic N) is 4. The maximum absolute atomic E-state index is 5.20. The lowest BCUT2D eigenvalue weighted by atomic mass is 9.89. The molecule has 0 aliphatic heterocycles. The fourth-order valence-corrected chi connectivity index (χ4v) is 6.36. The van der Waals surface area contributed by atoms with Gasteiger partial charge in [-0.1, -0.05) is 78.9 Å². The molecule has 9 rings (SSSR count). The van der Waals surface area contributed by atoms with Gasteiger partial charge in [0, 0.05) is 56.6 Å². The summed E-state index contributed by atoms with van der Waals surface area (Å²) in [5.41, 5.74) is 8.95. The summed E-state index contributed by atoms with van der Waals surface area (Å²) in [6.07, 6.45) is 5.57. The summed E-state index contributed by atoms with van der Waals surface area (Å²) < 4.78 is 0. The topological polar surface area (TPSA) is 67.3 Å². The molecule has 5 aromatic carbocycles. The molecule has 0 atom stereocenters. The minimum absolute atomic E-state index is 0.812. The van der Waals surface area contributed by atoms with E-state index >= 15 is 0 Å². The van der Waals surface area contributed by atoms with Crippen molar-refractivity contribution < 1.29 is 0 Å². The van der Waals surface area contributed by atoms with E-state index in [4.69, 9.17) is 15.0 Å². The Bertz CT molecular complexity index is 2510. The Hall–Kier alpha value is -5.94. The van der Waals surface area contributed by atoms with Crippen molar-refractivity contribution in [3.05, 3.63) is 134 Å². The molecule has 1 N–H and O–H groups in total. The molecule has 0 fully saturated rings. The van der Waals surface area contributed by atoms with E-state index in [0.717, 1.165) is 88.2 Å². The van der Waals surface area contributed by atoms with Crippen molar-refractivity contribution in [2.24, 2.45) is 0 Å². The molecule has 0 bridgehead atoms. The summed E-state index contributed by atoms with van der Waals surface area (Å²) in [5.74, 6) is 0.812. The number of aromatic nitrogens is 5. The molecule has 200 valence electrons. The van der Waals surface area contributed by atoms with E-state index in [9.17, 15) is 0 Å². The normalized spacial score (nSPS) is 11.7. The van der Waals surface area contributed by atoms with Crippen LogP contribution in [-0.4, -0.2) is 24.9 Å². The Kier molecular flexibility index (Phi) is 5.13. The number of H-pyrrole nitrogens is 1. The maximum atomic E-state index is 5.20. The van der Waals surface area contributed by atoms with Crippen molar-refractivity contribution >= 4 is 54.4 Å². The number of para-hydroxylation sites is 2. The van der Waals surface area contributed by atoms with Crippen LogP contribution in [0, 0.1) is 0 Å². The first-order chi connectivity index (χ1) is 21.3. The zero-order valence-corrected chi connectivity index (χ0v) is 23.0. The Morgan fingerprint density at radius 3 is 2.26 bits per heavy atom. The van der Waals surface area contributed by atoms with Crippen LogP contribution in [0.15, 0.2) is 134 Å². The molecule has 4 heterocycles. The largest absolute Gasteiger partial charge is 0.345 e. The summed E-state index contributed by atoms with van der Waals surface area (Å²) in [5, 5.41) is 6.62. The zero-order valence-electron chi connectivity index (χ0n) is 23.0. The number of benzene rings is 5. The first kappa shape index (κ1) is 23.7. The van der Waals surface area contributed by atoms with Gasteiger partial charge in [0.15, 0.2) is 0 Å². The highest BCUT2D eigenvalue weighted by molar-refractivity contribution is 6.17. The van der Waals surface area contributed by atoms with Crippen molar-refractivity contribution in [1.82, 2.24) is 24.9 Å². The van der Waals surface area contributed by atoms with Crippen LogP contribution in [0.2, 0.25) is 0 Å². The van der Waals surface area contributed by atoms with Crippen LogP contribution in [0.5, 0.6) is 0 Å². The molecule has 5 nitrogen and oxygen atoms in total. The first-order valence-electron chi connectivity index (χ1n) is 14.3. The van der Waals surface area contributed by atoms with E-state index in [-0.39, 0.29) is 0 Å². The van der Waals surface area contributed by atoms with Gasteiger partial charge in [-0.25, -0.2) is 15.0 Å². The number of aromatic amines is 1. The molecule has 0 saturated carbocycles. The average molecular weight is 550 g/mol. The third kappa shape index (κ3) is 3.72. The standard InChI is InChI=1S/C38H23N5/c1-3-10-26-25(8-1)22-41-33-18-16-28(36(35(26)33)34-17-15-23-7-2-4-13-31(23)42-34)27-11-6-14-32-30(27)21-24-9-5-12-29(37(24)43-32)38-39-19-20-40-38/h1-22H,(H,39,40). The van der Waals surface area contributed by atoms with Crippen LogP contribution in [-0.2, 0) is 0 Å². The Balaban J connectivity index is 1.39. The Morgan fingerprint density at radius 2 is 1.33 bits per heavy atom. The van der Waals surface area contributed by atoms with Crippen LogP contribution in [0.3, 0.4) is 0 Å². The van der Waals surface area contributed by atoms with E-state index in [2.05, 4.69) is 119 Å². The summed E-state index contributed by atoms with van der Waals surface area (Å²) in [6.45, 7) is 0.